The van der Waals surface area contributed by atoms with E-state index in [1.807, 2.05) is 0 Å². The molecular formula is C9H18O5S. The highest BCUT2D eigenvalue weighted by molar-refractivity contribution is 7.86. The van der Waals surface area contributed by atoms with Gasteiger partial charge < -0.3 is 9.84 Å². The molecule has 1 aliphatic carbocycles. The molecular weight excluding hydrogens is 220 g/mol. The summed E-state index contributed by atoms with van der Waals surface area (Å²) in [6.07, 6.45) is 2.84. The Bertz CT molecular complexity index is 279. The summed E-state index contributed by atoms with van der Waals surface area (Å²) in [4.78, 5) is 0. The molecule has 1 rings (SSSR count). The molecule has 1 aliphatic rings. The Labute approximate surface area is 90.5 Å². The van der Waals surface area contributed by atoms with E-state index < -0.39 is 16.4 Å². The van der Waals surface area contributed by atoms with Crippen LogP contribution in [0.25, 0.3) is 0 Å². The first-order valence-electron chi connectivity index (χ1n) is 5.01. The zero-order valence-electron chi connectivity index (χ0n) is 9.05. The maximum atomic E-state index is 10.9. The molecule has 0 spiro atoms. The summed E-state index contributed by atoms with van der Waals surface area (Å²) in [6, 6.07) is 0. The summed E-state index contributed by atoms with van der Waals surface area (Å²) in [6.45, 7) is 0. The van der Waals surface area contributed by atoms with E-state index in [0.717, 1.165) is 19.1 Å². The van der Waals surface area contributed by atoms with E-state index in [4.69, 9.17) is 8.92 Å². The van der Waals surface area contributed by atoms with Gasteiger partial charge in [-0.05, 0) is 25.7 Å². The van der Waals surface area contributed by atoms with Gasteiger partial charge in [-0.3, -0.25) is 4.18 Å². The van der Waals surface area contributed by atoms with E-state index in [0.29, 0.717) is 12.8 Å². The second-order valence-electron chi connectivity index (χ2n) is 3.96. The van der Waals surface area contributed by atoms with Gasteiger partial charge in [0.05, 0.1) is 12.4 Å². The summed E-state index contributed by atoms with van der Waals surface area (Å²) >= 11 is 0. The summed E-state index contributed by atoms with van der Waals surface area (Å²) in [7, 11) is -1.90. The monoisotopic (exact) mass is 238 g/mol. The molecule has 0 radical (unpaired) electrons. The fourth-order valence-electron chi connectivity index (χ4n) is 1.91. The Hall–Kier alpha value is -0.170. The molecule has 0 saturated heterocycles. The highest BCUT2D eigenvalue weighted by Gasteiger charge is 2.28. The molecule has 0 bridgehead atoms. The normalized spacial score (nSPS) is 30.1. The van der Waals surface area contributed by atoms with Crippen molar-refractivity contribution in [3.63, 3.8) is 0 Å². The van der Waals surface area contributed by atoms with E-state index in [9.17, 15) is 13.5 Å². The predicted molar refractivity (Wildman–Crippen MR) is 54.7 cm³/mol. The van der Waals surface area contributed by atoms with Gasteiger partial charge in [-0.25, -0.2) is 0 Å². The molecule has 6 heteroatoms. The molecule has 15 heavy (non-hydrogen) atoms. The van der Waals surface area contributed by atoms with Gasteiger partial charge >= 0.3 is 0 Å². The van der Waals surface area contributed by atoms with Crippen molar-refractivity contribution in [3.8, 4) is 0 Å². The molecule has 0 amide bonds. The van der Waals surface area contributed by atoms with Gasteiger partial charge in [-0.1, -0.05) is 0 Å². The highest BCUT2D eigenvalue weighted by Crippen LogP contribution is 2.29. The van der Waals surface area contributed by atoms with Crippen LogP contribution in [0.2, 0.25) is 0 Å². The van der Waals surface area contributed by atoms with Crippen molar-refractivity contribution in [3.05, 3.63) is 0 Å². The lowest BCUT2D eigenvalue weighted by Crippen LogP contribution is -2.30. The van der Waals surface area contributed by atoms with Crippen molar-refractivity contribution in [2.75, 3.05) is 13.4 Å². The summed E-state index contributed by atoms with van der Waals surface area (Å²) in [5.74, 6) is 0.0920. The zero-order valence-corrected chi connectivity index (χ0v) is 9.87. The second-order valence-corrected chi connectivity index (χ2v) is 5.56. The number of aliphatic hydroxyl groups excluding tert-OH is 1. The standard InChI is InChI=1S/C9H18O5S/c1-13-9(10)7-3-5-8(6-4-7)14-15(2,11)12/h7-10H,3-6H2,1-2H3/t7-,8+,9?. The van der Waals surface area contributed by atoms with Crippen LogP contribution in [0, 0.1) is 5.92 Å². The van der Waals surface area contributed by atoms with Crippen molar-refractivity contribution >= 4 is 10.1 Å². The van der Waals surface area contributed by atoms with Gasteiger partial charge in [0.15, 0.2) is 6.29 Å². The van der Waals surface area contributed by atoms with Gasteiger partial charge in [-0.2, -0.15) is 8.42 Å². The van der Waals surface area contributed by atoms with Crippen LogP contribution < -0.4 is 0 Å². The molecule has 5 nitrogen and oxygen atoms in total. The Morgan fingerprint density at radius 3 is 2.20 bits per heavy atom. The summed E-state index contributed by atoms with van der Waals surface area (Å²) in [5, 5.41) is 9.42. The molecule has 0 aromatic heterocycles. The van der Waals surface area contributed by atoms with Gasteiger partial charge in [0.2, 0.25) is 0 Å². The van der Waals surface area contributed by atoms with E-state index in [1.54, 1.807) is 0 Å². The van der Waals surface area contributed by atoms with E-state index >= 15 is 0 Å². The number of hydrogen-bond acceptors (Lipinski definition) is 5. The molecule has 1 atom stereocenters. The third kappa shape index (κ3) is 4.46. The van der Waals surface area contributed by atoms with Crippen LogP contribution in [-0.4, -0.2) is 39.3 Å². The molecule has 1 unspecified atom stereocenters. The quantitative estimate of drug-likeness (QED) is 0.570. The fourth-order valence-corrected chi connectivity index (χ4v) is 2.60. The minimum atomic E-state index is -3.36. The molecule has 1 saturated carbocycles. The van der Waals surface area contributed by atoms with Crippen molar-refractivity contribution < 1.29 is 22.4 Å². The van der Waals surface area contributed by atoms with Gasteiger partial charge in [0.1, 0.15) is 0 Å². The first kappa shape index (κ1) is 12.9. The average molecular weight is 238 g/mol. The number of rotatable bonds is 4. The van der Waals surface area contributed by atoms with Crippen LogP contribution in [-0.2, 0) is 19.0 Å². The smallest absolute Gasteiger partial charge is 0.264 e. The third-order valence-electron chi connectivity index (χ3n) is 2.67. The highest BCUT2D eigenvalue weighted by atomic mass is 32.2. The minimum absolute atomic E-state index is 0.0920. The zero-order chi connectivity index (χ0) is 11.5. The Morgan fingerprint density at radius 1 is 1.27 bits per heavy atom. The number of aliphatic hydroxyl groups is 1. The lowest BCUT2D eigenvalue weighted by Gasteiger charge is -2.29. The first-order chi connectivity index (χ1) is 6.92. The number of methoxy groups -OCH3 is 1. The van der Waals surface area contributed by atoms with E-state index in [-0.39, 0.29) is 12.0 Å². The molecule has 1 N–H and O–H groups in total. The molecule has 0 aromatic rings. The lowest BCUT2D eigenvalue weighted by atomic mass is 9.87. The van der Waals surface area contributed by atoms with Gasteiger partial charge in [0.25, 0.3) is 10.1 Å². The first-order valence-corrected chi connectivity index (χ1v) is 6.83. The van der Waals surface area contributed by atoms with Crippen LogP contribution in [0.3, 0.4) is 0 Å². The molecule has 1 fully saturated rings. The Balaban J connectivity index is 2.36. The van der Waals surface area contributed by atoms with E-state index in [2.05, 4.69) is 0 Å². The second kappa shape index (κ2) is 5.25. The van der Waals surface area contributed by atoms with Crippen LogP contribution in [0.15, 0.2) is 0 Å². The van der Waals surface area contributed by atoms with Crippen LogP contribution in [0.5, 0.6) is 0 Å². The Morgan fingerprint density at radius 2 is 1.80 bits per heavy atom. The average Bonchev–Trinajstić information content (AvgIpc) is 2.15. The van der Waals surface area contributed by atoms with Gasteiger partial charge in [0, 0.05) is 13.0 Å². The van der Waals surface area contributed by atoms with Crippen molar-refractivity contribution in [2.45, 2.75) is 38.1 Å². The maximum absolute atomic E-state index is 10.9. The summed E-state index contributed by atoms with van der Waals surface area (Å²) < 4.78 is 31.5. The maximum Gasteiger partial charge on any atom is 0.264 e. The van der Waals surface area contributed by atoms with Crippen LogP contribution in [0.1, 0.15) is 25.7 Å². The SMILES string of the molecule is COC(O)[C@H]1CC[C@@H](OS(C)(=O)=O)CC1. The Kier molecular flexibility index (Phi) is 4.51. The number of ether oxygens (including phenoxy) is 1. The predicted octanol–water partition coefficient (Wildman–Crippen LogP) is 0.486. The van der Waals surface area contributed by atoms with Crippen molar-refractivity contribution in [1.29, 1.82) is 0 Å². The van der Waals surface area contributed by atoms with Gasteiger partial charge in [-0.15, -0.1) is 0 Å². The van der Waals surface area contributed by atoms with Crippen LogP contribution in [0.4, 0.5) is 0 Å². The lowest BCUT2D eigenvalue weighted by molar-refractivity contribution is -0.124. The van der Waals surface area contributed by atoms with E-state index in [1.165, 1.54) is 7.11 Å². The fraction of sp³-hybridized carbons (Fsp3) is 1.00. The molecule has 0 heterocycles. The molecule has 90 valence electrons. The largest absolute Gasteiger partial charge is 0.368 e. The molecule has 0 aromatic carbocycles. The van der Waals surface area contributed by atoms with Crippen LogP contribution >= 0.6 is 0 Å². The minimum Gasteiger partial charge on any atom is -0.368 e. The molecule has 0 aliphatic heterocycles. The van der Waals surface area contributed by atoms with Crippen molar-refractivity contribution in [1.82, 2.24) is 0 Å². The number of hydrogen-bond donors (Lipinski definition) is 1. The summed E-state index contributed by atoms with van der Waals surface area (Å²) in [5.41, 5.74) is 0. The van der Waals surface area contributed by atoms with Crippen molar-refractivity contribution in [2.24, 2.45) is 5.92 Å². The third-order valence-corrected chi connectivity index (χ3v) is 3.30. The topological polar surface area (TPSA) is 72.8 Å².